The van der Waals surface area contributed by atoms with Crippen LogP contribution in [0.15, 0.2) is 91.1 Å². The number of amides is 1. The van der Waals surface area contributed by atoms with Crippen molar-refractivity contribution in [3.63, 3.8) is 0 Å². The summed E-state index contributed by atoms with van der Waals surface area (Å²) in [5, 5.41) is 7.46. The molecule has 3 aromatic carbocycles. The molecule has 4 aromatic rings. The average Bonchev–Trinajstić information content (AvgIpc) is 3.28. The van der Waals surface area contributed by atoms with Gasteiger partial charge in [-0.3, -0.25) is 4.79 Å². The lowest BCUT2D eigenvalue weighted by atomic mass is 10.0. The van der Waals surface area contributed by atoms with Crippen LogP contribution in [0, 0.1) is 0 Å². The molecule has 0 unspecified atom stereocenters. The highest BCUT2D eigenvalue weighted by molar-refractivity contribution is 5.78. The number of hydrogen-bond donors (Lipinski definition) is 1. The summed E-state index contributed by atoms with van der Waals surface area (Å²) in [5.41, 5.74) is 5.03. The zero-order chi connectivity index (χ0) is 20.8. The van der Waals surface area contributed by atoms with E-state index in [0.717, 1.165) is 28.3 Å². The summed E-state index contributed by atoms with van der Waals surface area (Å²) < 4.78 is 6.96. The fraction of sp³-hybridized carbons (Fsp3) is 0.120. The molecule has 0 bridgehead atoms. The SMILES string of the molecule is COc1ccc(-n2ccc(CNC(=O)Cc3ccc(-c4ccccc4)cc3)n2)cc1. The summed E-state index contributed by atoms with van der Waals surface area (Å²) in [4.78, 5) is 12.3. The molecule has 0 fully saturated rings. The molecule has 5 heteroatoms. The number of aromatic nitrogens is 2. The van der Waals surface area contributed by atoms with Crippen molar-refractivity contribution in [3.05, 3.63) is 102 Å². The van der Waals surface area contributed by atoms with Crippen LogP contribution in [0.25, 0.3) is 16.8 Å². The van der Waals surface area contributed by atoms with Crippen LogP contribution in [0.4, 0.5) is 0 Å². The van der Waals surface area contributed by atoms with E-state index in [1.165, 1.54) is 5.56 Å². The molecule has 0 aliphatic carbocycles. The molecule has 0 saturated carbocycles. The quantitative estimate of drug-likeness (QED) is 0.503. The lowest BCUT2D eigenvalue weighted by Gasteiger charge is -2.06. The predicted molar refractivity (Wildman–Crippen MR) is 118 cm³/mol. The van der Waals surface area contributed by atoms with Crippen molar-refractivity contribution >= 4 is 5.91 Å². The molecule has 1 heterocycles. The lowest BCUT2D eigenvalue weighted by molar-refractivity contribution is -0.120. The molecule has 150 valence electrons. The van der Waals surface area contributed by atoms with E-state index >= 15 is 0 Å². The largest absolute Gasteiger partial charge is 0.497 e. The summed E-state index contributed by atoms with van der Waals surface area (Å²) in [7, 11) is 1.64. The van der Waals surface area contributed by atoms with Crippen LogP contribution < -0.4 is 10.1 Å². The summed E-state index contributed by atoms with van der Waals surface area (Å²) in [6, 6.07) is 27.9. The van der Waals surface area contributed by atoms with Crippen molar-refractivity contribution in [1.29, 1.82) is 0 Å². The van der Waals surface area contributed by atoms with Crippen LogP contribution in [0.1, 0.15) is 11.3 Å². The van der Waals surface area contributed by atoms with Crippen molar-refractivity contribution in [1.82, 2.24) is 15.1 Å². The van der Waals surface area contributed by atoms with Gasteiger partial charge in [-0.1, -0.05) is 54.6 Å². The minimum atomic E-state index is -0.0264. The van der Waals surface area contributed by atoms with Crippen LogP contribution in [-0.2, 0) is 17.8 Å². The van der Waals surface area contributed by atoms with Crippen molar-refractivity contribution in [3.8, 4) is 22.6 Å². The van der Waals surface area contributed by atoms with Crippen molar-refractivity contribution < 1.29 is 9.53 Å². The van der Waals surface area contributed by atoms with Gasteiger partial charge >= 0.3 is 0 Å². The minimum Gasteiger partial charge on any atom is -0.497 e. The first-order valence-electron chi connectivity index (χ1n) is 9.81. The first kappa shape index (κ1) is 19.5. The van der Waals surface area contributed by atoms with Crippen LogP contribution >= 0.6 is 0 Å². The highest BCUT2D eigenvalue weighted by atomic mass is 16.5. The molecular formula is C25H23N3O2. The lowest BCUT2D eigenvalue weighted by Crippen LogP contribution is -2.24. The third-order valence-electron chi connectivity index (χ3n) is 4.87. The predicted octanol–water partition coefficient (Wildman–Crippen LogP) is 4.41. The van der Waals surface area contributed by atoms with E-state index in [-0.39, 0.29) is 5.91 Å². The van der Waals surface area contributed by atoms with Crippen molar-refractivity contribution in [2.45, 2.75) is 13.0 Å². The second-order valence-corrected chi connectivity index (χ2v) is 6.97. The Morgan fingerprint density at radius 1 is 0.900 bits per heavy atom. The fourth-order valence-electron chi connectivity index (χ4n) is 3.22. The zero-order valence-corrected chi connectivity index (χ0v) is 16.8. The van der Waals surface area contributed by atoms with Gasteiger partial charge in [0.15, 0.2) is 0 Å². The van der Waals surface area contributed by atoms with E-state index < -0.39 is 0 Å². The van der Waals surface area contributed by atoms with Gasteiger partial charge in [-0.25, -0.2) is 4.68 Å². The number of ether oxygens (including phenoxy) is 1. The Hall–Kier alpha value is -3.86. The standard InChI is InChI=1S/C25H23N3O2/c1-30-24-13-11-23(12-14-24)28-16-15-22(27-28)18-26-25(29)17-19-7-9-21(10-8-19)20-5-3-2-4-6-20/h2-16H,17-18H2,1H3,(H,26,29). The molecule has 1 N–H and O–H groups in total. The van der Waals surface area contributed by atoms with E-state index in [1.807, 2.05) is 66.9 Å². The minimum absolute atomic E-state index is 0.0264. The molecule has 4 rings (SSSR count). The number of carbonyl (C=O) groups is 1. The summed E-state index contributed by atoms with van der Waals surface area (Å²) in [6.07, 6.45) is 2.22. The monoisotopic (exact) mass is 397 g/mol. The highest BCUT2D eigenvalue weighted by Crippen LogP contribution is 2.19. The average molecular weight is 397 g/mol. The number of nitrogens with zero attached hydrogens (tertiary/aromatic N) is 2. The van der Waals surface area contributed by atoms with Gasteiger partial charge in [-0.15, -0.1) is 0 Å². The second-order valence-electron chi connectivity index (χ2n) is 6.97. The van der Waals surface area contributed by atoms with Crippen LogP contribution in [0.2, 0.25) is 0 Å². The number of nitrogens with one attached hydrogen (secondary N) is 1. The van der Waals surface area contributed by atoms with Gasteiger partial charge in [0.05, 0.1) is 31.5 Å². The molecule has 1 aromatic heterocycles. The topological polar surface area (TPSA) is 56.1 Å². The Balaban J connectivity index is 1.31. The Labute approximate surface area is 175 Å². The first-order valence-corrected chi connectivity index (χ1v) is 9.81. The van der Waals surface area contributed by atoms with E-state index in [9.17, 15) is 4.79 Å². The Kier molecular flexibility index (Phi) is 5.90. The van der Waals surface area contributed by atoms with Gasteiger partial charge in [0.2, 0.25) is 5.91 Å². The van der Waals surface area contributed by atoms with Gasteiger partial charge in [0.1, 0.15) is 5.75 Å². The highest BCUT2D eigenvalue weighted by Gasteiger charge is 2.07. The number of rotatable bonds is 7. The molecule has 0 atom stereocenters. The zero-order valence-electron chi connectivity index (χ0n) is 16.8. The van der Waals surface area contributed by atoms with Gasteiger partial charge in [-0.05, 0) is 47.0 Å². The Morgan fingerprint density at radius 3 is 2.30 bits per heavy atom. The molecule has 5 nitrogen and oxygen atoms in total. The van der Waals surface area contributed by atoms with Gasteiger partial charge in [-0.2, -0.15) is 5.10 Å². The number of methoxy groups -OCH3 is 1. The number of carbonyl (C=O) groups excluding carboxylic acids is 1. The number of hydrogen-bond acceptors (Lipinski definition) is 3. The van der Waals surface area contributed by atoms with Crippen molar-refractivity contribution in [2.24, 2.45) is 0 Å². The van der Waals surface area contributed by atoms with Crippen molar-refractivity contribution in [2.75, 3.05) is 7.11 Å². The second kappa shape index (κ2) is 9.09. The molecule has 30 heavy (non-hydrogen) atoms. The molecule has 1 amide bonds. The van der Waals surface area contributed by atoms with Gasteiger partial charge < -0.3 is 10.1 Å². The summed E-state index contributed by atoms with van der Waals surface area (Å²) in [5.74, 6) is 0.775. The van der Waals surface area contributed by atoms with Gasteiger partial charge in [0, 0.05) is 6.20 Å². The molecule has 0 spiro atoms. The number of benzene rings is 3. The smallest absolute Gasteiger partial charge is 0.224 e. The van der Waals surface area contributed by atoms with Crippen LogP contribution in [0.3, 0.4) is 0 Å². The van der Waals surface area contributed by atoms with Crippen LogP contribution in [0.5, 0.6) is 5.75 Å². The van der Waals surface area contributed by atoms with E-state index in [0.29, 0.717) is 13.0 Å². The molecule has 0 saturated heterocycles. The third-order valence-corrected chi connectivity index (χ3v) is 4.87. The fourth-order valence-corrected chi connectivity index (χ4v) is 3.22. The molecule has 0 aliphatic heterocycles. The maximum atomic E-state index is 12.3. The first-order chi connectivity index (χ1) is 14.7. The summed E-state index contributed by atoms with van der Waals surface area (Å²) >= 11 is 0. The van der Waals surface area contributed by atoms with E-state index in [1.54, 1.807) is 11.8 Å². The maximum absolute atomic E-state index is 12.3. The maximum Gasteiger partial charge on any atom is 0.224 e. The normalized spacial score (nSPS) is 10.6. The summed E-state index contributed by atoms with van der Waals surface area (Å²) in [6.45, 7) is 0.393. The van der Waals surface area contributed by atoms with Gasteiger partial charge in [0.25, 0.3) is 0 Å². The third kappa shape index (κ3) is 4.75. The molecule has 0 aliphatic rings. The van der Waals surface area contributed by atoms with Crippen LogP contribution in [-0.4, -0.2) is 22.8 Å². The van der Waals surface area contributed by atoms with E-state index in [4.69, 9.17) is 4.74 Å². The molecule has 0 radical (unpaired) electrons. The Bertz CT molecular complexity index is 1100. The van der Waals surface area contributed by atoms with E-state index in [2.05, 4.69) is 34.7 Å². The molecular weight excluding hydrogens is 374 g/mol. The Morgan fingerprint density at radius 2 is 1.60 bits per heavy atom.